The summed E-state index contributed by atoms with van der Waals surface area (Å²) in [7, 11) is 0. The summed E-state index contributed by atoms with van der Waals surface area (Å²) in [5, 5.41) is 1.89. The van der Waals surface area contributed by atoms with Crippen molar-refractivity contribution in [3.05, 3.63) is 51.3 Å². The number of aryl methyl sites for hydroxylation is 1. The molecule has 0 atom stereocenters. The first-order valence-corrected chi connectivity index (χ1v) is 7.00. The van der Waals surface area contributed by atoms with Crippen LogP contribution in [0.3, 0.4) is 0 Å². The smallest absolute Gasteiger partial charge is 0.271 e. The van der Waals surface area contributed by atoms with Crippen LogP contribution in [-0.2, 0) is 6.54 Å². The molecule has 3 heterocycles. The number of aromatic nitrogens is 2. The predicted octanol–water partition coefficient (Wildman–Crippen LogP) is 1.01. The zero-order valence-corrected chi connectivity index (χ0v) is 11.9. The summed E-state index contributed by atoms with van der Waals surface area (Å²) in [5.74, 6) is 5.00. The van der Waals surface area contributed by atoms with Gasteiger partial charge in [-0.15, -0.1) is 11.3 Å². The lowest BCUT2D eigenvalue weighted by Gasteiger charge is -2.05. The molecule has 0 saturated carbocycles. The molecule has 0 spiro atoms. The number of nitrogen functional groups attached to an aromatic ring is 1. The highest BCUT2D eigenvalue weighted by atomic mass is 32.1. The minimum Gasteiger partial charge on any atom is -0.467 e. The lowest BCUT2D eigenvalue weighted by Crippen LogP contribution is -2.31. The quantitative estimate of drug-likeness (QED) is 0.427. The minimum atomic E-state index is -0.465. The molecule has 0 radical (unpaired) electrons. The second-order valence-electron chi connectivity index (χ2n) is 4.50. The molecule has 0 aliphatic carbocycles. The summed E-state index contributed by atoms with van der Waals surface area (Å²) in [6.07, 6.45) is 2.84. The zero-order valence-electron chi connectivity index (χ0n) is 11.1. The van der Waals surface area contributed by atoms with Crippen molar-refractivity contribution in [2.45, 2.75) is 13.5 Å². The number of rotatable bonds is 3. The van der Waals surface area contributed by atoms with Crippen molar-refractivity contribution >= 4 is 27.5 Å². The Morgan fingerprint density at radius 2 is 2.38 bits per heavy atom. The standard InChI is InChI=1S/C13H12N4O3S/c1-7-5-21-11-10(7)15-6-17(13(11)19)4-9-8(2-3-20-9)12(18)16-14/h2-3,5-6H,4,14H2,1H3,(H,16,18). The molecule has 0 aromatic carbocycles. The van der Waals surface area contributed by atoms with Crippen molar-refractivity contribution in [1.29, 1.82) is 0 Å². The van der Waals surface area contributed by atoms with Crippen molar-refractivity contribution in [2.75, 3.05) is 0 Å². The minimum absolute atomic E-state index is 0.120. The van der Waals surface area contributed by atoms with Gasteiger partial charge in [-0.1, -0.05) is 0 Å². The lowest BCUT2D eigenvalue weighted by molar-refractivity contribution is 0.0951. The Balaban J connectivity index is 2.03. The molecule has 0 bridgehead atoms. The van der Waals surface area contributed by atoms with Crippen molar-refractivity contribution < 1.29 is 9.21 Å². The van der Waals surface area contributed by atoms with E-state index in [9.17, 15) is 9.59 Å². The van der Waals surface area contributed by atoms with E-state index < -0.39 is 5.91 Å². The van der Waals surface area contributed by atoms with Gasteiger partial charge >= 0.3 is 0 Å². The van der Waals surface area contributed by atoms with Crippen LogP contribution >= 0.6 is 11.3 Å². The van der Waals surface area contributed by atoms with E-state index in [1.807, 2.05) is 17.7 Å². The number of nitrogens with zero attached hydrogens (tertiary/aromatic N) is 2. The molecular formula is C13H12N4O3S. The summed E-state index contributed by atoms with van der Waals surface area (Å²) < 4.78 is 7.26. The highest BCUT2D eigenvalue weighted by Gasteiger charge is 2.16. The number of thiophene rings is 1. The average molecular weight is 304 g/mol. The number of hydrogen-bond acceptors (Lipinski definition) is 6. The van der Waals surface area contributed by atoms with Gasteiger partial charge in [0.2, 0.25) is 0 Å². The number of hydrazine groups is 1. The Bertz CT molecular complexity index is 877. The molecule has 108 valence electrons. The van der Waals surface area contributed by atoms with Gasteiger partial charge in [-0.2, -0.15) is 0 Å². The summed E-state index contributed by atoms with van der Waals surface area (Å²) in [6.45, 7) is 2.03. The van der Waals surface area contributed by atoms with E-state index in [0.29, 0.717) is 21.5 Å². The van der Waals surface area contributed by atoms with Crippen LogP contribution in [0.5, 0.6) is 0 Å². The molecule has 0 aliphatic rings. The van der Waals surface area contributed by atoms with Crippen LogP contribution in [0.15, 0.2) is 33.2 Å². The first-order chi connectivity index (χ1) is 10.1. The molecule has 0 saturated heterocycles. The Morgan fingerprint density at radius 1 is 1.57 bits per heavy atom. The maximum absolute atomic E-state index is 12.4. The number of amides is 1. The number of fused-ring (bicyclic) bond motifs is 1. The third-order valence-electron chi connectivity index (χ3n) is 3.16. The average Bonchev–Trinajstić information content (AvgIpc) is 3.09. The highest BCUT2D eigenvalue weighted by molar-refractivity contribution is 7.17. The third-order valence-corrected chi connectivity index (χ3v) is 4.23. The highest BCUT2D eigenvalue weighted by Crippen LogP contribution is 2.20. The molecule has 3 aromatic rings. The molecule has 0 unspecified atom stereocenters. The molecule has 7 nitrogen and oxygen atoms in total. The van der Waals surface area contributed by atoms with Crippen molar-refractivity contribution in [2.24, 2.45) is 5.84 Å². The van der Waals surface area contributed by atoms with Crippen LogP contribution in [0.1, 0.15) is 21.7 Å². The lowest BCUT2D eigenvalue weighted by atomic mass is 10.2. The van der Waals surface area contributed by atoms with Gasteiger partial charge < -0.3 is 4.42 Å². The maximum Gasteiger partial charge on any atom is 0.271 e. The Labute approximate surface area is 123 Å². The van der Waals surface area contributed by atoms with Crippen molar-refractivity contribution in [1.82, 2.24) is 15.0 Å². The normalized spacial score (nSPS) is 11.0. The second kappa shape index (κ2) is 5.15. The van der Waals surface area contributed by atoms with E-state index in [2.05, 4.69) is 4.98 Å². The molecule has 0 aliphatic heterocycles. The molecule has 0 fully saturated rings. The number of carbonyl (C=O) groups excluding carboxylic acids is 1. The van der Waals surface area contributed by atoms with Crippen LogP contribution in [0, 0.1) is 6.92 Å². The van der Waals surface area contributed by atoms with Crippen LogP contribution in [0.4, 0.5) is 0 Å². The fraction of sp³-hybridized carbons (Fsp3) is 0.154. The van der Waals surface area contributed by atoms with Gasteiger partial charge in [0.1, 0.15) is 10.5 Å². The summed E-state index contributed by atoms with van der Waals surface area (Å²) in [4.78, 5) is 28.3. The molecule has 3 N–H and O–H groups in total. The van der Waals surface area contributed by atoms with Gasteiger partial charge in [-0.05, 0) is 23.9 Å². The fourth-order valence-electron chi connectivity index (χ4n) is 2.07. The molecule has 8 heteroatoms. The summed E-state index contributed by atoms with van der Waals surface area (Å²) >= 11 is 1.36. The monoisotopic (exact) mass is 304 g/mol. The van der Waals surface area contributed by atoms with E-state index in [1.165, 1.54) is 34.6 Å². The topological polar surface area (TPSA) is 103 Å². The Morgan fingerprint density at radius 3 is 3.14 bits per heavy atom. The number of furan rings is 1. The number of hydrogen-bond donors (Lipinski definition) is 2. The third kappa shape index (κ3) is 2.24. The van der Waals surface area contributed by atoms with Crippen LogP contribution < -0.4 is 16.8 Å². The van der Waals surface area contributed by atoms with E-state index in [-0.39, 0.29) is 12.1 Å². The Hall–Kier alpha value is -2.45. The van der Waals surface area contributed by atoms with E-state index in [0.717, 1.165) is 5.56 Å². The van der Waals surface area contributed by atoms with E-state index in [4.69, 9.17) is 10.3 Å². The largest absolute Gasteiger partial charge is 0.467 e. The Kier molecular flexibility index (Phi) is 3.32. The van der Waals surface area contributed by atoms with Gasteiger partial charge in [0.05, 0.1) is 30.2 Å². The molecule has 3 aromatic heterocycles. The van der Waals surface area contributed by atoms with Crippen LogP contribution in [0.2, 0.25) is 0 Å². The van der Waals surface area contributed by atoms with E-state index in [1.54, 1.807) is 0 Å². The molecule has 3 rings (SSSR count). The zero-order chi connectivity index (χ0) is 15.0. The van der Waals surface area contributed by atoms with Gasteiger partial charge in [0.15, 0.2) is 0 Å². The summed E-state index contributed by atoms with van der Waals surface area (Å²) in [6, 6.07) is 1.50. The molecule has 21 heavy (non-hydrogen) atoms. The SMILES string of the molecule is Cc1csc2c(=O)n(Cc3occc3C(=O)NN)cnc12. The van der Waals surface area contributed by atoms with Crippen molar-refractivity contribution in [3.63, 3.8) is 0 Å². The molecular weight excluding hydrogens is 292 g/mol. The number of carbonyl (C=O) groups is 1. The van der Waals surface area contributed by atoms with Crippen LogP contribution in [-0.4, -0.2) is 15.5 Å². The van der Waals surface area contributed by atoms with E-state index >= 15 is 0 Å². The first-order valence-electron chi connectivity index (χ1n) is 6.12. The van der Waals surface area contributed by atoms with Crippen LogP contribution in [0.25, 0.3) is 10.2 Å². The second-order valence-corrected chi connectivity index (χ2v) is 5.38. The fourth-order valence-corrected chi connectivity index (χ4v) is 3.02. The van der Waals surface area contributed by atoms with Gasteiger partial charge in [0.25, 0.3) is 11.5 Å². The predicted molar refractivity (Wildman–Crippen MR) is 78.1 cm³/mol. The molecule has 1 amide bonds. The summed E-state index contributed by atoms with van der Waals surface area (Å²) in [5.41, 5.74) is 3.86. The number of nitrogens with one attached hydrogen (secondary N) is 1. The number of nitrogens with two attached hydrogens (primary N) is 1. The maximum atomic E-state index is 12.4. The van der Waals surface area contributed by atoms with Gasteiger partial charge in [-0.25, -0.2) is 10.8 Å². The van der Waals surface area contributed by atoms with Gasteiger partial charge in [-0.3, -0.25) is 19.6 Å². The first kappa shape index (κ1) is 13.5. The van der Waals surface area contributed by atoms with Gasteiger partial charge in [0, 0.05) is 0 Å². The van der Waals surface area contributed by atoms with Crippen molar-refractivity contribution in [3.8, 4) is 0 Å².